The summed E-state index contributed by atoms with van der Waals surface area (Å²) in [5.41, 5.74) is 6.50. The molecule has 0 bridgehead atoms. The average molecular weight is 262 g/mol. The molecular weight excluding hydrogens is 240 g/mol. The normalized spacial score (nSPS) is 24.6. The molecule has 2 nitrogen and oxygen atoms in total. The van der Waals surface area contributed by atoms with Crippen LogP contribution in [0.3, 0.4) is 0 Å². The van der Waals surface area contributed by atoms with Crippen molar-refractivity contribution in [2.75, 3.05) is 13.1 Å². The van der Waals surface area contributed by atoms with Crippen LogP contribution in [0.2, 0.25) is 0 Å². The summed E-state index contributed by atoms with van der Waals surface area (Å²) >= 11 is 1.81. The number of nitrogens with zero attached hydrogens (tertiary/aromatic N) is 1. The van der Waals surface area contributed by atoms with Crippen LogP contribution in [-0.4, -0.2) is 24.0 Å². The molecule has 1 aliphatic rings. The second-order valence-corrected chi connectivity index (χ2v) is 6.25. The summed E-state index contributed by atoms with van der Waals surface area (Å²) < 4.78 is 0. The third-order valence-corrected chi connectivity index (χ3v) is 4.54. The van der Waals surface area contributed by atoms with E-state index in [0.29, 0.717) is 12.6 Å². The minimum absolute atomic E-state index is 0.437. The van der Waals surface area contributed by atoms with Gasteiger partial charge in [0.05, 0.1) is 6.54 Å². The van der Waals surface area contributed by atoms with E-state index in [9.17, 15) is 0 Å². The number of hydrogen-bond acceptors (Lipinski definition) is 3. The second kappa shape index (κ2) is 6.38. The van der Waals surface area contributed by atoms with Gasteiger partial charge in [0.15, 0.2) is 0 Å². The molecule has 0 radical (unpaired) electrons. The van der Waals surface area contributed by atoms with Crippen LogP contribution in [0.4, 0.5) is 0 Å². The lowest BCUT2D eigenvalue weighted by Gasteiger charge is -2.36. The summed E-state index contributed by atoms with van der Waals surface area (Å²) in [7, 11) is 0. The van der Waals surface area contributed by atoms with E-state index in [1.807, 2.05) is 11.3 Å². The van der Waals surface area contributed by atoms with Gasteiger partial charge >= 0.3 is 0 Å². The highest BCUT2D eigenvalue weighted by atomic mass is 32.1. The molecule has 2 heterocycles. The number of nitrogens with two attached hydrogens (primary N) is 1. The smallest absolute Gasteiger partial charge is 0.0555 e. The Balaban J connectivity index is 1.95. The first-order valence-electron chi connectivity index (χ1n) is 6.69. The number of thiophene rings is 1. The van der Waals surface area contributed by atoms with Crippen molar-refractivity contribution in [2.45, 2.75) is 39.3 Å². The molecular formula is C15H22N2S. The van der Waals surface area contributed by atoms with Gasteiger partial charge in [-0.05, 0) is 38.3 Å². The maximum Gasteiger partial charge on any atom is 0.0555 e. The number of likely N-dealkylation sites (tertiary alicyclic amines) is 1. The molecule has 98 valence electrons. The number of hydrogen-bond donors (Lipinski definition) is 1. The van der Waals surface area contributed by atoms with Gasteiger partial charge in [0.25, 0.3) is 0 Å². The van der Waals surface area contributed by atoms with Crippen LogP contribution in [0.5, 0.6) is 0 Å². The maximum atomic E-state index is 5.39. The highest BCUT2D eigenvalue weighted by molar-refractivity contribution is 7.10. The lowest BCUT2D eigenvalue weighted by Crippen LogP contribution is -2.39. The van der Waals surface area contributed by atoms with Crippen molar-refractivity contribution in [3.63, 3.8) is 0 Å². The van der Waals surface area contributed by atoms with Crippen molar-refractivity contribution in [2.24, 2.45) is 11.7 Å². The summed E-state index contributed by atoms with van der Waals surface area (Å²) in [5, 5.41) is 2.13. The van der Waals surface area contributed by atoms with Crippen molar-refractivity contribution in [3.05, 3.63) is 21.9 Å². The van der Waals surface area contributed by atoms with Crippen molar-refractivity contribution < 1.29 is 0 Å². The first kappa shape index (κ1) is 13.6. The van der Waals surface area contributed by atoms with Gasteiger partial charge in [0.2, 0.25) is 0 Å². The van der Waals surface area contributed by atoms with E-state index in [1.165, 1.54) is 24.3 Å². The zero-order valence-electron chi connectivity index (χ0n) is 11.3. The fourth-order valence-corrected chi connectivity index (χ4v) is 3.41. The Morgan fingerprint density at radius 1 is 1.50 bits per heavy atom. The van der Waals surface area contributed by atoms with E-state index in [-0.39, 0.29) is 0 Å². The Bertz CT molecular complexity index is 441. The van der Waals surface area contributed by atoms with E-state index in [0.717, 1.165) is 18.0 Å². The van der Waals surface area contributed by atoms with Gasteiger partial charge in [-0.15, -0.1) is 11.3 Å². The van der Waals surface area contributed by atoms with Gasteiger partial charge in [-0.25, -0.2) is 0 Å². The van der Waals surface area contributed by atoms with Crippen molar-refractivity contribution >= 4 is 11.3 Å². The van der Waals surface area contributed by atoms with Crippen LogP contribution in [0.15, 0.2) is 11.4 Å². The molecule has 2 rings (SSSR count). The average Bonchev–Trinajstić information content (AvgIpc) is 2.78. The predicted octanol–water partition coefficient (Wildman–Crippen LogP) is 2.68. The Morgan fingerprint density at radius 3 is 3.06 bits per heavy atom. The highest BCUT2D eigenvalue weighted by Gasteiger charge is 2.22. The van der Waals surface area contributed by atoms with Crippen molar-refractivity contribution in [3.8, 4) is 11.8 Å². The second-order valence-electron chi connectivity index (χ2n) is 5.26. The van der Waals surface area contributed by atoms with Crippen molar-refractivity contribution in [1.82, 2.24) is 4.90 Å². The minimum atomic E-state index is 0.437. The van der Waals surface area contributed by atoms with Crippen LogP contribution in [0, 0.1) is 17.8 Å². The molecule has 1 fully saturated rings. The fraction of sp³-hybridized carbons (Fsp3) is 0.600. The molecule has 2 unspecified atom stereocenters. The zero-order valence-corrected chi connectivity index (χ0v) is 12.1. The monoisotopic (exact) mass is 262 g/mol. The van der Waals surface area contributed by atoms with Crippen molar-refractivity contribution in [1.29, 1.82) is 0 Å². The standard InChI is InChI=1S/C15H22N2S/c1-12-5-7-17(13(2)8-12)10-15-9-14(11-18-15)4-3-6-16/h9,11-13H,5-8,10,16H2,1-2H3. The topological polar surface area (TPSA) is 29.3 Å². The van der Waals surface area contributed by atoms with E-state index in [2.05, 4.69) is 42.0 Å². The van der Waals surface area contributed by atoms with Crippen LogP contribution in [0.1, 0.15) is 37.1 Å². The molecule has 1 aromatic rings. The summed E-state index contributed by atoms with van der Waals surface area (Å²) in [4.78, 5) is 4.00. The summed E-state index contributed by atoms with van der Waals surface area (Å²) in [6, 6.07) is 2.91. The van der Waals surface area contributed by atoms with E-state index in [4.69, 9.17) is 5.73 Å². The molecule has 18 heavy (non-hydrogen) atoms. The Labute approximate surface area is 114 Å². The predicted molar refractivity (Wildman–Crippen MR) is 78.5 cm³/mol. The first-order valence-corrected chi connectivity index (χ1v) is 7.57. The molecule has 2 atom stereocenters. The lowest BCUT2D eigenvalue weighted by molar-refractivity contribution is 0.123. The number of piperidine rings is 1. The minimum Gasteiger partial charge on any atom is -0.320 e. The molecule has 2 N–H and O–H groups in total. The van der Waals surface area contributed by atoms with Gasteiger partial charge in [0.1, 0.15) is 0 Å². The molecule has 0 aliphatic carbocycles. The lowest BCUT2D eigenvalue weighted by atomic mass is 9.93. The first-order chi connectivity index (χ1) is 8.69. The third-order valence-electron chi connectivity index (χ3n) is 3.62. The summed E-state index contributed by atoms with van der Waals surface area (Å²) in [6.07, 6.45) is 2.65. The Kier molecular flexibility index (Phi) is 4.82. The Morgan fingerprint density at radius 2 is 2.33 bits per heavy atom. The largest absolute Gasteiger partial charge is 0.320 e. The van der Waals surface area contributed by atoms with Gasteiger partial charge in [-0.3, -0.25) is 4.90 Å². The van der Waals surface area contributed by atoms with E-state index in [1.54, 1.807) is 0 Å². The molecule has 1 saturated heterocycles. The number of rotatable bonds is 2. The van der Waals surface area contributed by atoms with Crippen LogP contribution >= 0.6 is 11.3 Å². The highest BCUT2D eigenvalue weighted by Crippen LogP contribution is 2.25. The quantitative estimate of drug-likeness (QED) is 0.830. The summed E-state index contributed by atoms with van der Waals surface area (Å²) in [6.45, 7) is 7.44. The molecule has 3 heteroatoms. The molecule has 0 saturated carbocycles. The third kappa shape index (κ3) is 3.58. The fourth-order valence-electron chi connectivity index (χ4n) is 2.57. The van der Waals surface area contributed by atoms with Gasteiger partial charge in [-0.1, -0.05) is 18.8 Å². The van der Waals surface area contributed by atoms with Gasteiger partial charge in [-0.2, -0.15) is 0 Å². The van der Waals surface area contributed by atoms with Crippen LogP contribution in [-0.2, 0) is 6.54 Å². The molecule has 0 aromatic carbocycles. The molecule has 0 amide bonds. The SMILES string of the molecule is CC1CCN(Cc2cc(C#CCN)cs2)C(C)C1. The molecule has 0 spiro atoms. The van der Waals surface area contributed by atoms with E-state index >= 15 is 0 Å². The van der Waals surface area contributed by atoms with E-state index < -0.39 is 0 Å². The van der Waals surface area contributed by atoms with Crippen LogP contribution < -0.4 is 5.73 Å². The summed E-state index contributed by atoms with van der Waals surface area (Å²) in [5.74, 6) is 6.88. The molecule has 1 aromatic heterocycles. The maximum absolute atomic E-state index is 5.39. The van der Waals surface area contributed by atoms with Gasteiger partial charge < -0.3 is 5.73 Å². The Hall–Kier alpha value is -0.820. The van der Waals surface area contributed by atoms with Crippen LogP contribution in [0.25, 0.3) is 0 Å². The molecule has 1 aliphatic heterocycles. The zero-order chi connectivity index (χ0) is 13.0. The van der Waals surface area contributed by atoms with Gasteiger partial charge in [0, 0.05) is 28.4 Å².